The number of alkyl halides is 3. The number of aryl methyl sites for hydroxylation is 2. The molecule has 1 atom stereocenters. The number of carbonyl (C=O) groups is 1. The van der Waals surface area contributed by atoms with Gasteiger partial charge < -0.3 is 5.32 Å². The Morgan fingerprint density at radius 2 is 2.00 bits per heavy atom. The van der Waals surface area contributed by atoms with E-state index in [1.54, 1.807) is 13.8 Å². The van der Waals surface area contributed by atoms with E-state index in [1.807, 2.05) is 5.32 Å². The molecule has 16 heavy (non-hydrogen) atoms. The Balaban J connectivity index is 2.77. The van der Waals surface area contributed by atoms with Crippen LogP contribution in [0.4, 0.5) is 13.2 Å². The smallest absolute Gasteiger partial charge is 0.341 e. The number of hydrogen-bond donors (Lipinski definition) is 1. The van der Waals surface area contributed by atoms with Crippen LogP contribution < -0.4 is 5.32 Å². The molecule has 0 saturated heterocycles. The first-order valence-corrected chi connectivity index (χ1v) is 5.35. The van der Waals surface area contributed by atoms with Crippen molar-refractivity contribution in [2.24, 2.45) is 0 Å². The van der Waals surface area contributed by atoms with E-state index in [1.165, 1.54) is 18.3 Å². The molecule has 7 heteroatoms. The first kappa shape index (κ1) is 13.0. The maximum Gasteiger partial charge on any atom is 0.471 e. The number of carbonyl (C=O) groups excluding carboxylic acids is 1. The van der Waals surface area contributed by atoms with Gasteiger partial charge in [0.15, 0.2) is 0 Å². The molecule has 1 heterocycles. The first-order chi connectivity index (χ1) is 7.21. The molecule has 1 N–H and O–H groups in total. The number of hydrogen-bond acceptors (Lipinski definition) is 3. The molecule has 0 aliphatic carbocycles. The maximum absolute atomic E-state index is 12.0. The highest BCUT2D eigenvalue weighted by atomic mass is 32.1. The summed E-state index contributed by atoms with van der Waals surface area (Å²) in [5.74, 6) is -1.93. The normalized spacial score (nSPS) is 13.6. The number of thiazole rings is 1. The third kappa shape index (κ3) is 2.94. The standard InChI is InChI=1S/C9H11F3N2OS/c1-4-7(16-6(3)13-4)5(2)14-8(15)9(10,11)12/h5H,1-3H3,(H,14,15). The molecule has 1 aromatic heterocycles. The first-order valence-electron chi connectivity index (χ1n) is 4.53. The summed E-state index contributed by atoms with van der Waals surface area (Å²) >= 11 is 1.28. The van der Waals surface area contributed by atoms with E-state index >= 15 is 0 Å². The van der Waals surface area contributed by atoms with Gasteiger partial charge in [0.05, 0.1) is 16.7 Å². The predicted octanol–water partition coefficient (Wildman–Crippen LogP) is 2.50. The Morgan fingerprint density at radius 1 is 1.44 bits per heavy atom. The van der Waals surface area contributed by atoms with Crippen molar-refractivity contribution in [2.75, 3.05) is 0 Å². The number of rotatable bonds is 2. The van der Waals surface area contributed by atoms with Crippen molar-refractivity contribution in [3.05, 3.63) is 15.6 Å². The Labute approximate surface area is 94.7 Å². The van der Waals surface area contributed by atoms with Gasteiger partial charge in [-0.15, -0.1) is 11.3 Å². The molecule has 1 rings (SSSR count). The van der Waals surface area contributed by atoms with Crippen molar-refractivity contribution in [2.45, 2.75) is 33.0 Å². The molecular formula is C9H11F3N2OS. The average Bonchev–Trinajstić information content (AvgIpc) is 2.43. The molecule has 0 aliphatic heterocycles. The monoisotopic (exact) mass is 252 g/mol. The Morgan fingerprint density at radius 3 is 2.38 bits per heavy atom. The van der Waals surface area contributed by atoms with Crippen LogP contribution in [0.15, 0.2) is 0 Å². The number of nitrogens with zero attached hydrogens (tertiary/aromatic N) is 1. The average molecular weight is 252 g/mol. The zero-order valence-electron chi connectivity index (χ0n) is 8.97. The van der Waals surface area contributed by atoms with Crippen LogP contribution in [0.2, 0.25) is 0 Å². The molecule has 3 nitrogen and oxygen atoms in total. The minimum atomic E-state index is -4.85. The fourth-order valence-corrected chi connectivity index (χ4v) is 2.22. The third-order valence-electron chi connectivity index (χ3n) is 1.94. The van der Waals surface area contributed by atoms with Crippen LogP contribution in [-0.4, -0.2) is 17.1 Å². The lowest BCUT2D eigenvalue weighted by molar-refractivity contribution is -0.174. The Bertz CT molecular complexity index is 400. The SMILES string of the molecule is Cc1nc(C)c(C(C)NC(=O)C(F)(F)F)s1. The van der Waals surface area contributed by atoms with Gasteiger partial charge >= 0.3 is 12.1 Å². The second-order valence-corrected chi connectivity index (χ2v) is 4.61. The van der Waals surface area contributed by atoms with E-state index in [0.29, 0.717) is 10.6 Å². The zero-order chi connectivity index (χ0) is 12.5. The summed E-state index contributed by atoms with van der Waals surface area (Å²) in [5.41, 5.74) is 0.650. The summed E-state index contributed by atoms with van der Waals surface area (Å²) in [6.07, 6.45) is -4.85. The summed E-state index contributed by atoms with van der Waals surface area (Å²) < 4.78 is 36.0. The zero-order valence-corrected chi connectivity index (χ0v) is 9.79. The summed E-state index contributed by atoms with van der Waals surface area (Å²) in [6, 6.07) is -0.680. The van der Waals surface area contributed by atoms with Crippen LogP contribution in [0.1, 0.15) is 28.5 Å². The van der Waals surface area contributed by atoms with Gasteiger partial charge in [-0.3, -0.25) is 4.79 Å². The molecule has 1 aromatic rings. The van der Waals surface area contributed by atoms with E-state index < -0.39 is 18.1 Å². The second kappa shape index (κ2) is 4.40. The van der Waals surface area contributed by atoms with Crippen LogP contribution >= 0.6 is 11.3 Å². The van der Waals surface area contributed by atoms with Gasteiger partial charge in [0.2, 0.25) is 0 Å². The quantitative estimate of drug-likeness (QED) is 0.878. The number of aromatic nitrogens is 1. The minimum absolute atomic E-state index is 0.648. The van der Waals surface area contributed by atoms with Gasteiger partial charge in [-0.2, -0.15) is 13.2 Å². The molecule has 1 unspecified atom stereocenters. The highest BCUT2D eigenvalue weighted by Crippen LogP contribution is 2.25. The highest BCUT2D eigenvalue weighted by Gasteiger charge is 2.39. The Hall–Kier alpha value is -1.11. The number of halogens is 3. The van der Waals surface area contributed by atoms with Crippen molar-refractivity contribution in [1.82, 2.24) is 10.3 Å². The summed E-state index contributed by atoms with van der Waals surface area (Å²) in [5, 5.41) is 2.66. The van der Waals surface area contributed by atoms with Gasteiger partial charge in [-0.1, -0.05) is 0 Å². The lowest BCUT2D eigenvalue weighted by Crippen LogP contribution is -2.38. The molecule has 90 valence electrons. The van der Waals surface area contributed by atoms with Crippen molar-refractivity contribution >= 4 is 17.2 Å². The fraction of sp³-hybridized carbons (Fsp3) is 0.556. The van der Waals surface area contributed by atoms with Crippen molar-refractivity contribution < 1.29 is 18.0 Å². The van der Waals surface area contributed by atoms with Gasteiger partial charge in [0.1, 0.15) is 0 Å². The van der Waals surface area contributed by atoms with Crippen LogP contribution in [-0.2, 0) is 4.79 Å². The minimum Gasteiger partial charge on any atom is -0.341 e. The van der Waals surface area contributed by atoms with E-state index in [2.05, 4.69) is 4.98 Å². The van der Waals surface area contributed by atoms with E-state index in [9.17, 15) is 18.0 Å². The highest BCUT2D eigenvalue weighted by molar-refractivity contribution is 7.11. The molecule has 0 fully saturated rings. The molecular weight excluding hydrogens is 241 g/mol. The molecule has 0 saturated carbocycles. The molecule has 0 bridgehead atoms. The summed E-state index contributed by atoms with van der Waals surface area (Å²) in [4.78, 5) is 15.5. The molecule has 0 aromatic carbocycles. The van der Waals surface area contributed by atoms with Crippen LogP contribution in [0.25, 0.3) is 0 Å². The lowest BCUT2D eigenvalue weighted by Gasteiger charge is -2.14. The summed E-state index contributed by atoms with van der Waals surface area (Å²) in [6.45, 7) is 4.97. The third-order valence-corrected chi connectivity index (χ3v) is 3.19. The van der Waals surface area contributed by atoms with Gasteiger partial charge in [-0.25, -0.2) is 4.98 Å². The fourth-order valence-electron chi connectivity index (χ4n) is 1.29. The van der Waals surface area contributed by atoms with Gasteiger partial charge in [-0.05, 0) is 20.8 Å². The van der Waals surface area contributed by atoms with Gasteiger partial charge in [0, 0.05) is 4.88 Å². The van der Waals surface area contributed by atoms with E-state index in [4.69, 9.17) is 0 Å². The number of nitrogens with one attached hydrogen (secondary N) is 1. The summed E-state index contributed by atoms with van der Waals surface area (Å²) in [7, 11) is 0. The molecule has 0 spiro atoms. The van der Waals surface area contributed by atoms with Crippen molar-refractivity contribution in [3.8, 4) is 0 Å². The number of amides is 1. The molecule has 1 amide bonds. The van der Waals surface area contributed by atoms with Gasteiger partial charge in [0.25, 0.3) is 0 Å². The molecule has 0 aliphatic rings. The van der Waals surface area contributed by atoms with Crippen LogP contribution in [0, 0.1) is 13.8 Å². The van der Waals surface area contributed by atoms with Crippen molar-refractivity contribution in [1.29, 1.82) is 0 Å². The Kier molecular flexibility index (Phi) is 3.57. The van der Waals surface area contributed by atoms with Crippen molar-refractivity contribution in [3.63, 3.8) is 0 Å². The van der Waals surface area contributed by atoms with Crippen LogP contribution in [0.3, 0.4) is 0 Å². The maximum atomic E-state index is 12.0. The topological polar surface area (TPSA) is 42.0 Å². The van der Waals surface area contributed by atoms with E-state index in [0.717, 1.165) is 5.01 Å². The second-order valence-electron chi connectivity index (χ2n) is 3.38. The largest absolute Gasteiger partial charge is 0.471 e. The molecule has 0 radical (unpaired) electrons. The van der Waals surface area contributed by atoms with E-state index in [-0.39, 0.29) is 0 Å². The predicted molar refractivity (Wildman–Crippen MR) is 54.2 cm³/mol. The van der Waals surface area contributed by atoms with Crippen LogP contribution in [0.5, 0.6) is 0 Å². The lowest BCUT2D eigenvalue weighted by atomic mass is 10.2.